The van der Waals surface area contributed by atoms with Gasteiger partial charge in [-0.15, -0.1) is 0 Å². The second-order valence-electron chi connectivity index (χ2n) is 11.5. The van der Waals surface area contributed by atoms with Crippen LogP contribution in [0.3, 0.4) is 0 Å². The predicted molar refractivity (Wildman–Crippen MR) is 187 cm³/mol. The highest BCUT2D eigenvalue weighted by Crippen LogP contribution is 2.37. The Balaban J connectivity index is 1.54. The number of carbonyl (C=O) groups excluding carboxylic acids is 2. The number of aryl methyl sites for hydroxylation is 1. The Hall–Kier alpha value is -4.38. The van der Waals surface area contributed by atoms with E-state index in [4.69, 9.17) is 4.74 Å². The molecule has 0 aliphatic heterocycles. The van der Waals surface area contributed by atoms with Gasteiger partial charge in [-0.05, 0) is 73.9 Å². The predicted octanol–water partition coefficient (Wildman–Crippen LogP) is 10.6. The first-order valence-corrected chi connectivity index (χ1v) is 16.7. The monoisotopic (exact) mass is 604 g/mol. The first-order valence-electron chi connectivity index (χ1n) is 16.7. The smallest absolute Gasteiger partial charge is 0.321 e. The molecule has 0 saturated heterocycles. The number of ether oxygens (including phenoxy) is 1. The Morgan fingerprint density at radius 2 is 0.978 bits per heavy atom. The molecule has 0 radical (unpaired) electrons. The molecule has 0 atom stereocenters. The fourth-order valence-electron chi connectivity index (χ4n) is 5.66. The third-order valence-electron chi connectivity index (χ3n) is 8.02. The summed E-state index contributed by atoms with van der Waals surface area (Å²) in [5.74, 6) is -0.733. The first kappa shape index (κ1) is 33.5. The number of rotatable bonds is 17. The zero-order chi connectivity index (χ0) is 31.7. The van der Waals surface area contributed by atoms with E-state index in [2.05, 4.69) is 13.0 Å². The molecule has 5 nitrogen and oxygen atoms in total. The van der Waals surface area contributed by atoms with Crippen LogP contribution >= 0.6 is 0 Å². The summed E-state index contributed by atoms with van der Waals surface area (Å²) in [6.07, 6.45) is 13.9. The van der Waals surface area contributed by atoms with Crippen LogP contribution in [0.2, 0.25) is 0 Å². The van der Waals surface area contributed by atoms with Crippen molar-refractivity contribution >= 4 is 34.6 Å². The van der Waals surface area contributed by atoms with Crippen LogP contribution in [-0.2, 0) is 16.0 Å². The molecule has 0 bridgehead atoms. The average molecular weight is 605 g/mol. The van der Waals surface area contributed by atoms with Gasteiger partial charge in [0.1, 0.15) is 5.75 Å². The molecule has 0 fully saturated rings. The van der Waals surface area contributed by atoms with E-state index in [1.807, 2.05) is 110 Å². The maximum absolute atomic E-state index is 14.3. The van der Waals surface area contributed by atoms with Crippen molar-refractivity contribution in [2.75, 3.05) is 16.4 Å². The van der Waals surface area contributed by atoms with Crippen molar-refractivity contribution in [3.05, 3.63) is 115 Å². The molecule has 4 aromatic rings. The number of para-hydroxylation sites is 3. The van der Waals surface area contributed by atoms with Gasteiger partial charge in [0.25, 0.3) is 0 Å². The van der Waals surface area contributed by atoms with Crippen molar-refractivity contribution in [1.29, 1.82) is 0 Å². The molecular formula is C40H48N2O3. The van der Waals surface area contributed by atoms with Gasteiger partial charge in [0.2, 0.25) is 0 Å². The summed E-state index contributed by atoms with van der Waals surface area (Å²) in [6, 6.07) is 33.9. The summed E-state index contributed by atoms with van der Waals surface area (Å²) >= 11 is 0. The number of hydrogen-bond acceptors (Lipinski definition) is 3. The van der Waals surface area contributed by atoms with Gasteiger partial charge in [0.15, 0.2) is 0 Å². The summed E-state index contributed by atoms with van der Waals surface area (Å²) < 4.78 is 6.12. The second kappa shape index (κ2) is 18.4. The fraction of sp³-hybridized carbons (Fsp3) is 0.350. The highest BCUT2D eigenvalue weighted by Gasteiger charge is 2.32. The quantitative estimate of drug-likeness (QED) is 0.0890. The second-order valence-corrected chi connectivity index (χ2v) is 11.5. The van der Waals surface area contributed by atoms with E-state index >= 15 is 0 Å². The largest absolute Gasteiger partial charge is 0.492 e. The molecule has 236 valence electrons. The molecule has 5 heteroatoms. The van der Waals surface area contributed by atoms with Crippen molar-refractivity contribution in [2.24, 2.45) is 0 Å². The fourth-order valence-corrected chi connectivity index (χ4v) is 5.66. The molecule has 0 aliphatic rings. The average Bonchev–Trinajstić information content (AvgIpc) is 3.08. The van der Waals surface area contributed by atoms with Crippen molar-refractivity contribution in [3.63, 3.8) is 0 Å². The number of anilines is 4. The molecule has 2 amide bonds. The Bertz CT molecular complexity index is 1400. The Morgan fingerprint density at radius 3 is 1.47 bits per heavy atom. The van der Waals surface area contributed by atoms with E-state index in [0.29, 0.717) is 35.1 Å². The molecule has 0 unspecified atom stereocenters. The Labute approximate surface area is 269 Å². The van der Waals surface area contributed by atoms with Gasteiger partial charge in [-0.3, -0.25) is 19.4 Å². The molecule has 0 spiro atoms. The van der Waals surface area contributed by atoms with Crippen LogP contribution in [0.1, 0.15) is 83.6 Å². The minimum Gasteiger partial charge on any atom is -0.492 e. The molecular weight excluding hydrogens is 556 g/mol. The van der Waals surface area contributed by atoms with Crippen molar-refractivity contribution in [3.8, 4) is 5.75 Å². The van der Waals surface area contributed by atoms with Crippen molar-refractivity contribution in [2.45, 2.75) is 84.5 Å². The normalized spacial score (nSPS) is 10.8. The van der Waals surface area contributed by atoms with Gasteiger partial charge in [-0.1, -0.05) is 125 Å². The van der Waals surface area contributed by atoms with Crippen LogP contribution in [-0.4, -0.2) is 18.4 Å². The van der Waals surface area contributed by atoms with E-state index in [1.165, 1.54) is 73.2 Å². The topological polar surface area (TPSA) is 49.9 Å². The van der Waals surface area contributed by atoms with Gasteiger partial charge < -0.3 is 4.74 Å². The molecule has 0 heterocycles. The first-order chi connectivity index (χ1) is 22.1. The van der Waals surface area contributed by atoms with E-state index in [9.17, 15) is 9.59 Å². The highest BCUT2D eigenvalue weighted by molar-refractivity contribution is 6.47. The maximum atomic E-state index is 14.3. The lowest BCUT2D eigenvalue weighted by Crippen LogP contribution is -2.42. The Morgan fingerprint density at radius 1 is 0.533 bits per heavy atom. The highest BCUT2D eigenvalue weighted by atomic mass is 16.5. The van der Waals surface area contributed by atoms with Crippen molar-refractivity contribution in [1.82, 2.24) is 0 Å². The van der Waals surface area contributed by atoms with Crippen molar-refractivity contribution < 1.29 is 14.3 Å². The summed E-state index contributed by atoms with van der Waals surface area (Å²) in [5, 5.41) is 0. The third kappa shape index (κ3) is 9.81. The van der Waals surface area contributed by atoms with Gasteiger partial charge >= 0.3 is 11.8 Å². The van der Waals surface area contributed by atoms with Gasteiger partial charge in [0, 0.05) is 17.1 Å². The molecule has 4 aromatic carbocycles. The van der Waals surface area contributed by atoms with Gasteiger partial charge in [-0.2, -0.15) is 0 Å². The minimum atomic E-state index is -0.669. The van der Waals surface area contributed by atoms with Crippen LogP contribution in [0.15, 0.2) is 109 Å². The molecule has 0 N–H and O–H groups in total. The van der Waals surface area contributed by atoms with Crippen LogP contribution in [0.5, 0.6) is 5.75 Å². The minimum absolute atomic E-state index is 0.444. The molecule has 0 aromatic heterocycles. The third-order valence-corrected chi connectivity index (χ3v) is 8.02. The number of unbranched alkanes of at least 4 members (excludes halogenated alkanes) is 9. The van der Waals surface area contributed by atoms with E-state index in [1.54, 1.807) is 0 Å². The van der Waals surface area contributed by atoms with Gasteiger partial charge in [-0.25, -0.2) is 0 Å². The summed E-state index contributed by atoms with van der Waals surface area (Å²) in [6.45, 7) is 4.64. The molecule has 4 rings (SSSR count). The van der Waals surface area contributed by atoms with Crippen LogP contribution in [0.25, 0.3) is 0 Å². The lowest BCUT2D eigenvalue weighted by atomic mass is 10.0. The standard InChI is InChI=1S/C40H48N2O3/c1-3-5-6-7-8-9-10-11-12-16-23-33-30-31-37(38(32-33)45-4-2)42(36-28-21-15-22-29-36)40(44)39(43)41(34-24-17-13-18-25-34)35-26-19-14-20-27-35/h13-15,17-22,24-32H,3-12,16,23H2,1-2H3. The van der Waals surface area contributed by atoms with E-state index < -0.39 is 11.8 Å². The van der Waals surface area contributed by atoms with Crippen LogP contribution < -0.4 is 14.5 Å². The zero-order valence-electron chi connectivity index (χ0n) is 27.0. The molecule has 45 heavy (non-hydrogen) atoms. The zero-order valence-corrected chi connectivity index (χ0v) is 27.0. The maximum Gasteiger partial charge on any atom is 0.321 e. The van der Waals surface area contributed by atoms with Crippen LogP contribution in [0, 0.1) is 0 Å². The number of carbonyl (C=O) groups is 2. The molecule has 0 aliphatic carbocycles. The number of benzene rings is 4. The number of amides is 2. The number of nitrogens with zero attached hydrogens (tertiary/aromatic N) is 2. The summed E-state index contributed by atoms with van der Waals surface area (Å²) in [4.78, 5) is 31.5. The number of hydrogen-bond donors (Lipinski definition) is 0. The van der Waals surface area contributed by atoms with E-state index in [0.717, 1.165) is 12.8 Å². The Kier molecular flexibility index (Phi) is 13.7. The van der Waals surface area contributed by atoms with Crippen LogP contribution in [0.4, 0.5) is 22.7 Å². The van der Waals surface area contributed by atoms with Gasteiger partial charge in [0.05, 0.1) is 12.3 Å². The SMILES string of the molecule is CCCCCCCCCCCCc1ccc(N(C(=O)C(=O)N(c2ccccc2)c2ccccc2)c2ccccc2)c(OCC)c1. The lowest BCUT2D eigenvalue weighted by Gasteiger charge is -2.28. The lowest BCUT2D eigenvalue weighted by molar-refractivity contribution is -0.135. The molecule has 0 saturated carbocycles. The summed E-state index contributed by atoms with van der Waals surface area (Å²) in [7, 11) is 0. The van der Waals surface area contributed by atoms with E-state index in [-0.39, 0.29) is 0 Å². The summed E-state index contributed by atoms with van der Waals surface area (Å²) in [5.41, 5.74) is 3.55.